The molecule has 3 aromatic heterocycles. The Hall–Kier alpha value is -2.80. The van der Waals surface area contributed by atoms with Gasteiger partial charge in [-0.05, 0) is 13.8 Å². The lowest BCUT2D eigenvalue weighted by atomic mass is 10.2. The fraction of sp³-hybridized carbons (Fsp3) is 0.133. The molecule has 0 unspecified atom stereocenters. The van der Waals surface area contributed by atoms with Crippen molar-refractivity contribution >= 4 is 17.4 Å². The standard InChI is InChI=1S/C15H12ClN7/c1-9-13(16)10(2)23(20-9)15-19-18-14-17-12(8-22(14)21-15)11-6-4-3-5-7-11/h3-8H,1-2H3. The maximum Gasteiger partial charge on any atom is 0.287 e. The first-order valence-corrected chi connectivity index (χ1v) is 7.39. The van der Waals surface area contributed by atoms with E-state index in [9.17, 15) is 0 Å². The molecule has 0 atom stereocenters. The topological polar surface area (TPSA) is 73.8 Å². The van der Waals surface area contributed by atoms with Gasteiger partial charge in [-0.25, -0.2) is 4.98 Å². The highest BCUT2D eigenvalue weighted by molar-refractivity contribution is 6.31. The van der Waals surface area contributed by atoms with Crippen LogP contribution in [0.2, 0.25) is 5.02 Å². The average molecular weight is 326 g/mol. The zero-order valence-electron chi connectivity index (χ0n) is 12.5. The summed E-state index contributed by atoms with van der Waals surface area (Å²) in [6, 6.07) is 9.85. The lowest BCUT2D eigenvalue weighted by Gasteiger charge is -2.00. The summed E-state index contributed by atoms with van der Waals surface area (Å²) in [4.78, 5) is 4.43. The molecule has 0 saturated carbocycles. The summed E-state index contributed by atoms with van der Waals surface area (Å²) in [7, 11) is 0. The fourth-order valence-corrected chi connectivity index (χ4v) is 2.48. The van der Waals surface area contributed by atoms with E-state index in [0.717, 1.165) is 22.6 Å². The minimum Gasteiger partial charge on any atom is -0.208 e. The molecule has 0 saturated heterocycles. The van der Waals surface area contributed by atoms with Crippen molar-refractivity contribution in [3.8, 4) is 17.2 Å². The summed E-state index contributed by atoms with van der Waals surface area (Å²) in [6.07, 6.45) is 1.82. The molecule has 23 heavy (non-hydrogen) atoms. The molecule has 0 fully saturated rings. The van der Waals surface area contributed by atoms with Crippen molar-refractivity contribution in [3.05, 3.63) is 52.9 Å². The van der Waals surface area contributed by atoms with Crippen LogP contribution in [0, 0.1) is 13.8 Å². The van der Waals surface area contributed by atoms with Crippen LogP contribution in [0.25, 0.3) is 23.0 Å². The van der Waals surface area contributed by atoms with E-state index >= 15 is 0 Å². The van der Waals surface area contributed by atoms with Gasteiger partial charge in [0.25, 0.3) is 11.7 Å². The SMILES string of the molecule is Cc1nn(-c2nnc3nc(-c4ccccc4)cn3n2)c(C)c1Cl. The van der Waals surface area contributed by atoms with Gasteiger partial charge in [-0.3, -0.25) is 0 Å². The molecule has 0 bridgehead atoms. The van der Waals surface area contributed by atoms with Crippen LogP contribution in [-0.4, -0.2) is 34.6 Å². The van der Waals surface area contributed by atoms with Gasteiger partial charge in [-0.1, -0.05) is 41.9 Å². The van der Waals surface area contributed by atoms with Crippen LogP contribution in [0.3, 0.4) is 0 Å². The lowest BCUT2D eigenvalue weighted by molar-refractivity contribution is 0.699. The number of aromatic nitrogens is 7. The Bertz CT molecular complexity index is 1000. The van der Waals surface area contributed by atoms with Gasteiger partial charge in [0.15, 0.2) is 0 Å². The van der Waals surface area contributed by atoms with Crippen LogP contribution in [0.5, 0.6) is 0 Å². The monoisotopic (exact) mass is 325 g/mol. The number of hydrogen-bond acceptors (Lipinski definition) is 5. The molecule has 1 aromatic carbocycles. The quantitative estimate of drug-likeness (QED) is 0.566. The van der Waals surface area contributed by atoms with Gasteiger partial charge in [0.1, 0.15) is 0 Å². The van der Waals surface area contributed by atoms with Gasteiger partial charge in [-0.2, -0.15) is 14.3 Å². The van der Waals surface area contributed by atoms with Crippen LogP contribution in [0.1, 0.15) is 11.4 Å². The molecule has 0 aliphatic carbocycles. The molecule has 4 aromatic rings. The molecular weight excluding hydrogens is 314 g/mol. The largest absolute Gasteiger partial charge is 0.287 e. The third-order valence-corrected chi connectivity index (χ3v) is 4.10. The van der Waals surface area contributed by atoms with Crippen LogP contribution < -0.4 is 0 Å². The molecule has 0 spiro atoms. The van der Waals surface area contributed by atoms with Crippen LogP contribution in [-0.2, 0) is 0 Å². The number of hydrogen-bond donors (Lipinski definition) is 0. The van der Waals surface area contributed by atoms with E-state index in [2.05, 4.69) is 25.4 Å². The van der Waals surface area contributed by atoms with Gasteiger partial charge < -0.3 is 0 Å². The van der Waals surface area contributed by atoms with Crippen molar-refractivity contribution in [2.75, 3.05) is 0 Å². The number of nitrogens with zero attached hydrogens (tertiary/aromatic N) is 7. The normalized spacial score (nSPS) is 11.3. The van der Waals surface area contributed by atoms with Gasteiger partial charge in [-0.15, -0.1) is 15.3 Å². The summed E-state index contributed by atoms with van der Waals surface area (Å²) in [5.41, 5.74) is 3.28. The fourth-order valence-electron chi connectivity index (χ4n) is 2.36. The first kappa shape index (κ1) is 13.8. The van der Waals surface area contributed by atoms with Gasteiger partial charge >= 0.3 is 0 Å². The van der Waals surface area contributed by atoms with Crippen molar-refractivity contribution in [1.29, 1.82) is 0 Å². The molecule has 114 valence electrons. The maximum absolute atomic E-state index is 6.17. The maximum atomic E-state index is 6.17. The summed E-state index contributed by atoms with van der Waals surface area (Å²) in [6.45, 7) is 3.70. The molecule has 0 aliphatic rings. The second-order valence-electron chi connectivity index (χ2n) is 5.13. The summed E-state index contributed by atoms with van der Waals surface area (Å²) in [5.74, 6) is 0.780. The Kier molecular flexibility index (Phi) is 3.09. The molecule has 0 radical (unpaired) electrons. The summed E-state index contributed by atoms with van der Waals surface area (Å²) < 4.78 is 3.17. The zero-order chi connectivity index (χ0) is 16.0. The third kappa shape index (κ3) is 2.25. The molecule has 0 amide bonds. The number of benzene rings is 1. The molecule has 4 rings (SSSR count). The van der Waals surface area contributed by atoms with Crippen molar-refractivity contribution in [2.45, 2.75) is 13.8 Å². The lowest BCUT2D eigenvalue weighted by Crippen LogP contribution is -2.09. The second kappa shape index (κ2) is 5.13. The Morgan fingerprint density at radius 3 is 2.48 bits per heavy atom. The minimum absolute atomic E-state index is 0.349. The first-order chi connectivity index (χ1) is 11.1. The Balaban J connectivity index is 1.84. The predicted octanol–water partition coefficient (Wildman–Crippen LogP) is 2.64. The Morgan fingerprint density at radius 2 is 1.78 bits per heavy atom. The first-order valence-electron chi connectivity index (χ1n) is 7.01. The van der Waals surface area contributed by atoms with E-state index in [1.54, 1.807) is 9.20 Å². The van der Waals surface area contributed by atoms with Crippen molar-refractivity contribution < 1.29 is 0 Å². The summed E-state index contributed by atoms with van der Waals surface area (Å²) in [5, 5.41) is 17.6. The van der Waals surface area contributed by atoms with Crippen molar-refractivity contribution in [2.24, 2.45) is 0 Å². The van der Waals surface area contributed by atoms with E-state index in [-0.39, 0.29) is 0 Å². The third-order valence-electron chi connectivity index (χ3n) is 3.56. The average Bonchev–Trinajstić information content (AvgIpc) is 3.12. The minimum atomic E-state index is 0.349. The van der Waals surface area contributed by atoms with Gasteiger partial charge in [0.05, 0.1) is 28.3 Å². The Labute approximate surface area is 136 Å². The highest BCUT2D eigenvalue weighted by Crippen LogP contribution is 2.21. The number of halogens is 1. The van der Waals surface area contributed by atoms with Gasteiger partial charge in [0.2, 0.25) is 0 Å². The van der Waals surface area contributed by atoms with E-state index in [1.165, 1.54) is 0 Å². The van der Waals surface area contributed by atoms with Crippen LogP contribution in [0.15, 0.2) is 36.5 Å². The van der Waals surface area contributed by atoms with E-state index in [1.807, 2.05) is 50.4 Å². The molecule has 8 heteroatoms. The number of fused-ring (bicyclic) bond motifs is 1. The smallest absolute Gasteiger partial charge is 0.208 e. The predicted molar refractivity (Wildman–Crippen MR) is 85.6 cm³/mol. The number of imidazole rings is 1. The molecule has 7 nitrogen and oxygen atoms in total. The van der Waals surface area contributed by atoms with Crippen LogP contribution in [0.4, 0.5) is 0 Å². The second-order valence-corrected chi connectivity index (χ2v) is 5.51. The highest BCUT2D eigenvalue weighted by atomic mass is 35.5. The zero-order valence-corrected chi connectivity index (χ0v) is 13.2. The van der Waals surface area contributed by atoms with E-state index < -0.39 is 0 Å². The molecular formula is C15H12ClN7. The summed E-state index contributed by atoms with van der Waals surface area (Å²) >= 11 is 6.17. The molecule has 3 heterocycles. The number of aryl methyl sites for hydroxylation is 1. The van der Waals surface area contributed by atoms with Gasteiger partial charge in [0, 0.05) is 5.56 Å². The molecule has 0 aliphatic heterocycles. The number of rotatable bonds is 2. The Morgan fingerprint density at radius 1 is 1.00 bits per heavy atom. The van der Waals surface area contributed by atoms with Crippen molar-refractivity contribution in [3.63, 3.8) is 0 Å². The van der Waals surface area contributed by atoms with Crippen LogP contribution >= 0.6 is 11.6 Å². The highest BCUT2D eigenvalue weighted by Gasteiger charge is 2.15. The van der Waals surface area contributed by atoms with Crippen molar-refractivity contribution in [1.82, 2.24) is 34.6 Å². The molecule has 0 N–H and O–H groups in total. The van der Waals surface area contributed by atoms with E-state index in [4.69, 9.17) is 11.6 Å². The van der Waals surface area contributed by atoms with E-state index in [0.29, 0.717) is 16.7 Å².